The van der Waals surface area contributed by atoms with Gasteiger partial charge < -0.3 is 10.2 Å². The molecule has 2 bridgehead atoms. The Morgan fingerprint density at radius 3 is 2.71 bits per heavy atom. The number of benzene rings is 1. The lowest BCUT2D eigenvalue weighted by Gasteiger charge is -2.57. The van der Waals surface area contributed by atoms with Crippen LogP contribution in [0.25, 0.3) is 16.7 Å². The van der Waals surface area contributed by atoms with Gasteiger partial charge in [0.1, 0.15) is 17.3 Å². The molecule has 2 saturated heterocycles. The van der Waals surface area contributed by atoms with Crippen LogP contribution in [0.3, 0.4) is 0 Å². The summed E-state index contributed by atoms with van der Waals surface area (Å²) < 4.78 is 13.5. The summed E-state index contributed by atoms with van der Waals surface area (Å²) in [6, 6.07) is 8.20. The van der Waals surface area contributed by atoms with E-state index in [1.807, 2.05) is 24.0 Å². The zero-order valence-corrected chi connectivity index (χ0v) is 19.5. The van der Waals surface area contributed by atoms with Gasteiger partial charge in [0, 0.05) is 24.3 Å². The molecule has 1 aromatic carbocycles. The van der Waals surface area contributed by atoms with Crippen LogP contribution in [-0.2, 0) is 0 Å². The molecule has 3 aliphatic rings. The van der Waals surface area contributed by atoms with Crippen LogP contribution in [0.5, 0.6) is 0 Å². The van der Waals surface area contributed by atoms with Gasteiger partial charge in [-0.05, 0) is 55.9 Å². The normalized spacial score (nSPS) is 23.2. The van der Waals surface area contributed by atoms with Crippen LogP contribution in [-0.4, -0.2) is 59.4 Å². The van der Waals surface area contributed by atoms with Crippen molar-refractivity contribution in [3.8, 4) is 5.69 Å². The number of rotatable bonds is 5. The summed E-state index contributed by atoms with van der Waals surface area (Å²) in [5.41, 5.74) is 2.81. The summed E-state index contributed by atoms with van der Waals surface area (Å²) in [5, 5.41) is 11.8. The molecule has 0 spiro atoms. The second kappa shape index (κ2) is 8.37. The van der Waals surface area contributed by atoms with Gasteiger partial charge in [0.25, 0.3) is 5.91 Å². The highest BCUT2D eigenvalue weighted by Crippen LogP contribution is 2.47. The van der Waals surface area contributed by atoms with Crippen molar-refractivity contribution >= 4 is 22.8 Å². The number of nitrogens with zero attached hydrogens (tertiary/aromatic N) is 7. The number of piperidine rings is 2. The average molecular weight is 473 g/mol. The third-order valence-electron chi connectivity index (χ3n) is 7.33. The van der Waals surface area contributed by atoms with Crippen molar-refractivity contribution in [2.75, 3.05) is 11.9 Å². The Labute approximate surface area is 201 Å². The minimum absolute atomic E-state index is 0.0357. The molecule has 2 aliphatic heterocycles. The predicted molar refractivity (Wildman–Crippen MR) is 128 cm³/mol. The van der Waals surface area contributed by atoms with E-state index >= 15 is 0 Å². The molecular weight excluding hydrogens is 447 g/mol. The van der Waals surface area contributed by atoms with E-state index in [1.165, 1.54) is 16.9 Å². The number of hydrogen-bond donors (Lipinski definition) is 1. The molecular formula is C25H25FN8O. The second-order valence-electron chi connectivity index (χ2n) is 9.43. The lowest BCUT2D eigenvalue weighted by atomic mass is 9.64. The van der Waals surface area contributed by atoms with Crippen molar-refractivity contribution in [3.05, 3.63) is 66.1 Å². The number of carbonyl (C=O) groups is 1. The summed E-state index contributed by atoms with van der Waals surface area (Å²) in [5.74, 6) is 1.06. The minimum Gasteiger partial charge on any atom is -0.367 e. The monoisotopic (exact) mass is 472 g/mol. The van der Waals surface area contributed by atoms with Crippen LogP contribution in [0.4, 0.5) is 10.2 Å². The number of pyridine rings is 1. The molecule has 1 saturated carbocycles. The Kier molecular flexibility index (Phi) is 5.16. The van der Waals surface area contributed by atoms with Gasteiger partial charge >= 0.3 is 0 Å². The van der Waals surface area contributed by atoms with Crippen LogP contribution >= 0.6 is 0 Å². The van der Waals surface area contributed by atoms with Crippen molar-refractivity contribution in [2.24, 2.45) is 11.8 Å². The van der Waals surface area contributed by atoms with Gasteiger partial charge in [-0.25, -0.2) is 14.4 Å². The number of amides is 1. The third-order valence-corrected chi connectivity index (χ3v) is 7.33. The van der Waals surface area contributed by atoms with E-state index in [1.54, 1.807) is 24.7 Å². The fraction of sp³-hybridized carbons (Fsp3) is 0.360. The van der Waals surface area contributed by atoms with Crippen LogP contribution in [0.1, 0.15) is 35.9 Å². The van der Waals surface area contributed by atoms with Gasteiger partial charge in [-0.15, -0.1) is 4.80 Å². The van der Waals surface area contributed by atoms with E-state index in [9.17, 15) is 9.18 Å². The third kappa shape index (κ3) is 3.78. The zero-order valence-electron chi connectivity index (χ0n) is 19.5. The first-order valence-corrected chi connectivity index (χ1v) is 11.8. The van der Waals surface area contributed by atoms with E-state index in [0.717, 1.165) is 18.5 Å². The van der Waals surface area contributed by atoms with E-state index in [2.05, 4.69) is 37.4 Å². The largest absolute Gasteiger partial charge is 0.367 e. The molecule has 5 heterocycles. The highest BCUT2D eigenvalue weighted by molar-refractivity contribution is 5.96. The first kappa shape index (κ1) is 21.6. The Hall–Kier alpha value is -3.95. The Morgan fingerprint density at radius 1 is 1.11 bits per heavy atom. The minimum atomic E-state index is -0.341. The van der Waals surface area contributed by atoms with Crippen molar-refractivity contribution in [1.29, 1.82) is 0 Å². The molecule has 1 N–H and O–H groups in total. The molecule has 1 aliphatic carbocycles. The van der Waals surface area contributed by atoms with Gasteiger partial charge in [-0.3, -0.25) is 9.78 Å². The van der Waals surface area contributed by atoms with Crippen LogP contribution in [0.15, 0.2) is 48.9 Å². The van der Waals surface area contributed by atoms with Crippen LogP contribution < -0.4 is 5.32 Å². The molecule has 35 heavy (non-hydrogen) atoms. The Balaban J connectivity index is 1.29. The molecule has 2 atom stereocenters. The lowest BCUT2D eigenvalue weighted by Crippen LogP contribution is -2.64. The molecule has 7 rings (SSSR count). The fourth-order valence-electron chi connectivity index (χ4n) is 5.33. The fourth-order valence-corrected chi connectivity index (χ4v) is 5.33. The van der Waals surface area contributed by atoms with Gasteiger partial charge in [0.15, 0.2) is 5.69 Å². The SMILES string of the molecule is Cc1ccc(-n2nccn2)c(C(=O)N2C3CC(C3)[C@H](C)[C@@H]2CNc2cnc3cc(F)ccc3n2)n1. The number of aromatic nitrogens is 6. The van der Waals surface area contributed by atoms with Crippen LogP contribution in [0, 0.1) is 24.6 Å². The number of fused-ring (bicyclic) bond motifs is 3. The first-order chi connectivity index (χ1) is 17.0. The second-order valence-corrected chi connectivity index (χ2v) is 9.43. The van der Waals surface area contributed by atoms with E-state index in [-0.39, 0.29) is 23.8 Å². The number of halogens is 1. The van der Waals surface area contributed by atoms with Crippen molar-refractivity contribution in [2.45, 2.75) is 38.8 Å². The maximum absolute atomic E-state index is 14.0. The van der Waals surface area contributed by atoms with Crippen LogP contribution in [0.2, 0.25) is 0 Å². The quantitative estimate of drug-likeness (QED) is 0.475. The van der Waals surface area contributed by atoms with Gasteiger partial charge in [-0.1, -0.05) is 6.92 Å². The number of nitrogens with one attached hydrogen (secondary N) is 1. The lowest BCUT2D eigenvalue weighted by molar-refractivity contribution is -0.0505. The number of hydrogen-bond acceptors (Lipinski definition) is 7. The molecule has 9 nitrogen and oxygen atoms in total. The van der Waals surface area contributed by atoms with E-state index in [0.29, 0.717) is 46.6 Å². The van der Waals surface area contributed by atoms with E-state index in [4.69, 9.17) is 0 Å². The summed E-state index contributed by atoms with van der Waals surface area (Å²) in [6.45, 7) is 4.61. The highest BCUT2D eigenvalue weighted by Gasteiger charge is 2.51. The standard InChI is InChI=1S/C25H25FN8O/c1-14-3-6-21(34-29-7-8-30-34)24(31-14)25(35)33-18-9-16(10-18)15(2)22(33)12-28-23-13-27-20-11-17(26)4-5-19(20)32-23/h3-8,11,13,15-16,18,22H,9-10,12H2,1-2H3,(H,28,32)/t15-,16?,18?,22-/m0/s1. The highest BCUT2D eigenvalue weighted by atomic mass is 19.1. The molecule has 3 aromatic heterocycles. The molecule has 10 heteroatoms. The Bertz CT molecular complexity index is 1400. The predicted octanol–water partition coefficient (Wildman–Crippen LogP) is 3.40. The summed E-state index contributed by atoms with van der Waals surface area (Å²) in [7, 11) is 0. The van der Waals surface area contributed by atoms with Gasteiger partial charge in [0.05, 0.1) is 35.7 Å². The zero-order chi connectivity index (χ0) is 24.1. The van der Waals surface area contributed by atoms with Gasteiger partial charge in [-0.2, -0.15) is 10.2 Å². The molecule has 178 valence electrons. The maximum Gasteiger partial charge on any atom is 0.275 e. The number of carbonyl (C=O) groups excluding carboxylic acids is 1. The molecule has 4 aromatic rings. The van der Waals surface area contributed by atoms with Crippen molar-refractivity contribution in [3.63, 3.8) is 0 Å². The molecule has 0 unspecified atom stereocenters. The average Bonchev–Trinajstić information content (AvgIpc) is 3.36. The molecule has 3 fully saturated rings. The summed E-state index contributed by atoms with van der Waals surface area (Å²) in [6.07, 6.45) is 6.78. The Morgan fingerprint density at radius 2 is 1.91 bits per heavy atom. The molecule has 1 amide bonds. The summed E-state index contributed by atoms with van der Waals surface area (Å²) in [4.78, 5) is 30.9. The molecule has 0 radical (unpaired) electrons. The smallest absolute Gasteiger partial charge is 0.275 e. The van der Waals surface area contributed by atoms with E-state index < -0.39 is 0 Å². The first-order valence-electron chi connectivity index (χ1n) is 11.8. The van der Waals surface area contributed by atoms with Gasteiger partial charge in [0.2, 0.25) is 0 Å². The van der Waals surface area contributed by atoms with Crippen molar-refractivity contribution < 1.29 is 9.18 Å². The number of anilines is 1. The number of aryl methyl sites for hydroxylation is 1. The summed E-state index contributed by atoms with van der Waals surface area (Å²) >= 11 is 0. The maximum atomic E-state index is 14.0. The topological polar surface area (TPSA) is 102 Å². The van der Waals surface area contributed by atoms with Crippen molar-refractivity contribution in [1.82, 2.24) is 34.8 Å².